The molecule has 7 heteroatoms. The van der Waals surface area contributed by atoms with E-state index in [1.807, 2.05) is 0 Å². The molecule has 0 saturated heterocycles. The van der Waals surface area contributed by atoms with Gasteiger partial charge in [0, 0.05) is 10.6 Å². The van der Waals surface area contributed by atoms with E-state index in [4.69, 9.17) is 27.6 Å². The number of rotatable bonds is 2. The van der Waals surface area contributed by atoms with Crippen LogP contribution in [-0.2, 0) is 4.79 Å². The van der Waals surface area contributed by atoms with Gasteiger partial charge < -0.3 is 9.73 Å². The summed E-state index contributed by atoms with van der Waals surface area (Å²) >= 11 is 11.9. The van der Waals surface area contributed by atoms with E-state index in [0.717, 1.165) is 0 Å². The highest BCUT2D eigenvalue weighted by molar-refractivity contribution is 6.56. The number of fused-ring (bicyclic) bond motifs is 1. The Bertz CT molecular complexity index is 736. The van der Waals surface area contributed by atoms with Crippen molar-refractivity contribution in [3.8, 4) is 0 Å². The summed E-state index contributed by atoms with van der Waals surface area (Å²) in [5.41, 5.74) is 1.18. The summed E-state index contributed by atoms with van der Waals surface area (Å²) in [6.07, 6.45) is 2.93. The van der Waals surface area contributed by atoms with Crippen LogP contribution in [0.1, 0.15) is 11.3 Å². The summed E-state index contributed by atoms with van der Waals surface area (Å²) < 4.78 is 5.07. The lowest BCUT2D eigenvalue weighted by Gasteiger charge is -2.00. The lowest BCUT2D eigenvalue weighted by atomic mass is 10.1. The monoisotopic (exact) mass is 307 g/mol. The van der Waals surface area contributed by atoms with E-state index in [0.29, 0.717) is 27.1 Å². The molecule has 0 saturated carbocycles. The molecule has 0 fully saturated rings. The van der Waals surface area contributed by atoms with Crippen LogP contribution in [-0.4, -0.2) is 17.8 Å². The van der Waals surface area contributed by atoms with Gasteiger partial charge in [0.05, 0.1) is 23.2 Å². The minimum atomic E-state index is -0.374. The number of carbonyl (C=O) groups is 1. The van der Waals surface area contributed by atoms with Crippen molar-refractivity contribution in [2.75, 3.05) is 5.32 Å². The summed E-state index contributed by atoms with van der Waals surface area (Å²) in [5.74, 6) is 0.165. The SMILES string of the molecule is O=C1Nc2c(Cl)cc(Cl)cc2C1=N/N=C/c1ccco1. The molecule has 100 valence electrons. The van der Waals surface area contributed by atoms with Gasteiger partial charge in [-0.1, -0.05) is 23.2 Å². The fourth-order valence-corrected chi connectivity index (χ4v) is 2.33. The number of carbonyl (C=O) groups excluding carboxylic acids is 1. The Morgan fingerprint density at radius 3 is 2.90 bits per heavy atom. The summed E-state index contributed by atoms with van der Waals surface area (Å²) in [5, 5.41) is 11.1. The lowest BCUT2D eigenvalue weighted by Crippen LogP contribution is -2.13. The molecule has 2 aromatic rings. The van der Waals surface area contributed by atoms with Crippen LogP contribution in [0.2, 0.25) is 10.0 Å². The van der Waals surface area contributed by atoms with E-state index in [-0.39, 0.29) is 11.6 Å². The Balaban J connectivity index is 1.98. The first-order valence-corrected chi connectivity index (χ1v) is 6.36. The zero-order chi connectivity index (χ0) is 14.1. The molecular formula is C13H7Cl2N3O2. The highest BCUT2D eigenvalue weighted by Gasteiger charge is 2.28. The molecular weight excluding hydrogens is 301 g/mol. The summed E-state index contributed by atoms with van der Waals surface area (Å²) in [6.45, 7) is 0. The van der Waals surface area contributed by atoms with Gasteiger partial charge in [0.15, 0.2) is 5.71 Å². The van der Waals surface area contributed by atoms with Gasteiger partial charge in [-0.2, -0.15) is 5.10 Å². The molecule has 1 N–H and O–H groups in total. The second-order valence-corrected chi connectivity index (χ2v) is 4.82. The maximum absolute atomic E-state index is 11.8. The Morgan fingerprint density at radius 1 is 1.30 bits per heavy atom. The zero-order valence-electron chi connectivity index (χ0n) is 9.93. The third-order valence-corrected chi connectivity index (χ3v) is 3.17. The van der Waals surface area contributed by atoms with Crippen LogP contribution in [0.15, 0.2) is 45.1 Å². The quantitative estimate of drug-likeness (QED) is 0.683. The van der Waals surface area contributed by atoms with Crippen molar-refractivity contribution in [1.82, 2.24) is 0 Å². The molecule has 0 spiro atoms. The molecule has 1 aromatic carbocycles. The number of furan rings is 1. The highest BCUT2D eigenvalue weighted by atomic mass is 35.5. The standard InChI is InChI=1S/C13H7Cl2N3O2/c14-7-4-9-11(10(15)5-7)17-13(19)12(9)18-16-6-8-2-1-3-20-8/h1-6H,(H,17,18,19)/b16-6+. The number of anilines is 1. The molecule has 0 aliphatic carbocycles. The van der Waals surface area contributed by atoms with Crippen LogP contribution in [0, 0.1) is 0 Å². The first-order valence-electron chi connectivity index (χ1n) is 5.60. The van der Waals surface area contributed by atoms with E-state index in [1.54, 1.807) is 24.3 Å². The van der Waals surface area contributed by atoms with Crippen LogP contribution >= 0.6 is 23.2 Å². The van der Waals surface area contributed by atoms with Gasteiger partial charge in [-0.3, -0.25) is 4.79 Å². The predicted octanol–water partition coefficient (Wildman–Crippen LogP) is 3.36. The van der Waals surface area contributed by atoms with Crippen LogP contribution in [0.4, 0.5) is 5.69 Å². The maximum atomic E-state index is 11.8. The van der Waals surface area contributed by atoms with Crippen LogP contribution < -0.4 is 5.32 Å². The topological polar surface area (TPSA) is 67.0 Å². The van der Waals surface area contributed by atoms with Crippen molar-refractivity contribution < 1.29 is 9.21 Å². The second-order valence-electron chi connectivity index (χ2n) is 3.97. The van der Waals surface area contributed by atoms with E-state index < -0.39 is 0 Å². The van der Waals surface area contributed by atoms with Gasteiger partial charge in [0.25, 0.3) is 5.91 Å². The average molecular weight is 308 g/mol. The Kier molecular flexibility index (Phi) is 3.30. The summed E-state index contributed by atoms with van der Waals surface area (Å²) in [7, 11) is 0. The normalized spacial score (nSPS) is 15.9. The van der Waals surface area contributed by atoms with Crippen molar-refractivity contribution >= 4 is 46.7 Å². The molecule has 0 unspecified atom stereocenters. The van der Waals surface area contributed by atoms with Crippen LogP contribution in [0.5, 0.6) is 0 Å². The highest BCUT2D eigenvalue weighted by Crippen LogP contribution is 2.34. The molecule has 0 atom stereocenters. The summed E-state index contributed by atoms with van der Waals surface area (Å²) in [4.78, 5) is 11.8. The van der Waals surface area contributed by atoms with Crippen molar-refractivity contribution in [3.63, 3.8) is 0 Å². The van der Waals surface area contributed by atoms with E-state index in [1.165, 1.54) is 12.5 Å². The molecule has 0 radical (unpaired) electrons. The molecule has 2 heterocycles. The molecule has 20 heavy (non-hydrogen) atoms. The van der Waals surface area contributed by atoms with Gasteiger partial charge in [0.1, 0.15) is 5.76 Å². The largest absolute Gasteiger partial charge is 0.463 e. The third-order valence-electron chi connectivity index (χ3n) is 2.65. The maximum Gasteiger partial charge on any atom is 0.276 e. The third kappa shape index (κ3) is 2.33. The number of amides is 1. The summed E-state index contributed by atoms with van der Waals surface area (Å²) in [6, 6.07) is 6.62. The number of nitrogens with zero attached hydrogens (tertiary/aromatic N) is 2. The molecule has 1 aromatic heterocycles. The van der Waals surface area contributed by atoms with Crippen molar-refractivity contribution in [2.45, 2.75) is 0 Å². The first kappa shape index (κ1) is 12.9. The average Bonchev–Trinajstić information content (AvgIpc) is 3.00. The molecule has 5 nitrogen and oxygen atoms in total. The van der Waals surface area contributed by atoms with E-state index >= 15 is 0 Å². The fraction of sp³-hybridized carbons (Fsp3) is 0. The van der Waals surface area contributed by atoms with E-state index in [9.17, 15) is 4.79 Å². The van der Waals surface area contributed by atoms with Crippen LogP contribution in [0.3, 0.4) is 0 Å². The Labute approximate surface area is 123 Å². The minimum absolute atomic E-state index is 0.159. The predicted molar refractivity (Wildman–Crippen MR) is 77.9 cm³/mol. The van der Waals surface area contributed by atoms with Crippen LogP contribution in [0.25, 0.3) is 0 Å². The molecule has 0 bridgehead atoms. The molecule has 1 aliphatic rings. The van der Waals surface area contributed by atoms with Crippen molar-refractivity contribution in [1.29, 1.82) is 0 Å². The lowest BCUT2D eigenvalue weighted by molar-refractivity contribution is -0.110. The first-order chi connectivity index (χ1) is 9.65. The second kappa shape index (κ2) is 5.11. The number of halogens is 2. The smallest absolute Gasteiger partial charge is 0.276 e. The molecule has 1 amide bonds. The number of nitrogens with one attached hydrogen (secondary N) is 1. The molecule has 3 rings (SSSR count). The van der Waals surface area contributed by atoms with Crippen molar-refractivity contribution in [3.05, 3.63) is 51.9 Å². The zero-order valence-corrected chi connectivity index (χ0v) is 11.4. The number of benzene rings is 1. The van der Waals surface area contributed by atoms with Gasteiger partial charge in [-0.05, 0) is 24.3 Å². The minimum Gasteiger partial charge on any atom is -0.463 e. The molecule has 1 aliphatic heterocycles. The Morgan fingerprint density at radius 2 is 2.15 bits per heavy atom. The van der Waals surface area contributed by atoms with Gasteiger partial charge in [-0.15, -0.1) is 5.10 Å². The number of hydrogen-bond donors (Lipinski definition) is 1. The fourth-order valence-electron chi connectivity index (χ4n) is 1.79. The van der Waals surface area contributed by atoms with Gasteiger partial charge in [0.2, 0.25) is 0 Å². The number of hydrogen-bond acceptors (Lipinski definition) is 4. The Hall–Kier alpha value is -2.11. The van der Waals surface area contributed by atoms with E-state index in [2.05, 4.69) is 15.5 Å². The van der Waals surface area contributed by atoms with Crippen molar-refractivity contribution in [2.24, 2.45) is 10.2 Å². The van der Waals surface area contributed by atoms with Gasteiger partial charge in [-0.25, -0.2) is 0 Å². The van der Waals surface area contributed by atoms with Gasteiger partial charge >= 0.3 is 0 Å².